The van der Waals surface area contributed by atoms with Crippen molar-refractivity contribution in [1.82, 2.24) is 14.9 Å². The van der Waals surface area contributed by atoms with Crippen molar-refractivity contribution in [1.29, 1.82) is 5.26 Å². The van der Waals surface area contributed by atoms with Gasteiger partial charge < -0.3 is 10.6 Å². The van der Waals surface area contributed by atoms with E-state index in [1.807, 2.05) is 13.0 Å². The molecule has 1 aromatic carbocycles. The molecule has 0 aromatic heterocycles. The average molecular weight is 523 g/mol. The first-order valence-electron chi connectivity index (χ1n) is 9.03. The van der Waals surface area contributed by atoms with Crippen molar-refractivity contribution in [3.63, 3.8) is 0 Å². The van der Waals surface area contributed by atoms with Crippen LogP contribution >= 0.6 is 24.0 Å². The Kier molecular flexibility index (Phi) is 10.1. The van der Waals surface area contributed by atoms with Crippen molar-refractivity contribution >= 4 is 40.0 Å². The summed E-state index contributed by atoms with van der Waals surface area (Å²) < 4.78 is 39.7. The molecule has 1 aliphatic rings. The zero-order valence-electron chi connectivity index (χ0n) is 16.1. The van der Waals surface area contributed by atoms with Crippen LogP contribution in [0.15, 0.2) is 23.2 Å². The summed E-state index contributed by atoms with van der Waals surface area (Å²) in [6.45, 7) is 3.02. The molecule has 1 saturated heterocycles. The third kappa shape index (κ3) is 6.86. The van der Waals surface area contributed by atoms with E-state index in [4.69, 9.17) is 5.26 Å². The third-order valence-electron chi connectivity index (χ3n) is 4.49. The monoisotopic (exact) mass is 523 g/mol. The summed E-state index contributed by atoms with van der Waals surface area (Å²) in [5, 5.41) is 15.2. The molecule has 0 spiro atoms. The van der Waals surface area contributed by atoms with Crippen molar-refractivity contribution in [3.8, 4) is 6.07 Å². The normalized spacial score (nSPS) is 16.1. The van der Waals surface area contributed by atoms with E-state index in [0.29, 0.717) is 49.4 Å². The van der Waals surface area contributed by atoms with E-state index in [1.165, 1.54) is 18.2 Å². The number of nitrogens with one attached hydrogen (secondary N) is 2. The highest BCUT2D eigenvalue weighted by Gasteiger charge is 2.27. The maximum Gasteiger partial charge on any atom is 0.214 e. The van der Waals surface area contributed by atoms with E-state index in [-0.39, 0.29) is 48.1 Å². The van der Waals surface area contributed by atoms with Crippen LogP contribution in [0.25, 0.3) is 0 Å². The number of guanidine groups is 1. The van der Waals surface area contributed by atoms with Crippen molar-refractivity contribution in [2.45, 2.75) is 38.8 Å². The van der Waals surface area contributed by atoms with Gasteiger partial charge in [-0.3, -0.25) is 4.99 Å². The van der Waals surface area contributed by atoms with Crippen molar-refractivity contribution in [2.24, 2.45) is 4.99 Å². The van der Waals surface area contributed by atoms with Gasteiger partial charge in [-0.25, -0.2) is 17.1 Å². The number of rotatable bonds is 6. The molecular formula is C18H27FIN5O2S. The molecule has 7 nitrogen and oxygen atoms in total. The molecule has 0 amide bonds. The molecule has 0 unspecified atom stereocenters. The largest absolute Gasteiger partial charge is 0.354 e. The van der Waals surface area contributed by atoms with Crippen LogP contribution in [0.5, 0.6) is 0 Å². The predicted octanol–water partition coefficient (Wildman–Crippen LogP) is 2.18. The van der Waals surface area contributed by atoms with Gasteiger partial charge in [-0.15, -0.1) is 24.0 Å². The second kappa shape index (κ2) is 11.5. The highest BCUT2D eigenvalue weighted by Crippen LogP contribution is 2.15. The summed E-state index contributed by atoms with van der Waals surface area (Å²) in [5.74, 6) is 0.319. The summed E-state index contributed by atoms with van der Waals surface area (Å²) in [5.41, 5.74) is 0.786. The number of nitriles is 1. The van der Waals surface area contributed by atoms with Gasteiger partial charge in [0.15, 0.2) is 5.96 Å². The molecule has 0 bridgehead atoms. The highest BCUT2D eigenvalue weighted by molar-refractivity contribution is 14.0. The fourth-order valence-corrected chi connectivity index (χ4v) is 4.55. The predicted molar refractivity (Wildman–Crippen MR) is 119 cm³/mol. The topological polar surface area (TPSA) is 97.6 Å². The first-order valence-corrected chi connectivity index (χ1v) is 10.6. The van der Waals surface area contributed by atoms with Crippen molar-refractivity contribution < 1.29 is 12.8 Å². The Labute approximate surface area is 183 Å². The molecule has 10 heteroatoms. The molecule has 0 atom stereocenters. The first-order chi connectivity index (χ1) is 12.9. The molecule has 1 aliphatic heterocycles. The lowest BCUT2D eigenvalue weighted by Gasteiger charge is -2.32. The lowest BCUT2D eigenvalue weighted by Crippen LogP contribution is -2.49. The average Bonchev–Trinajstić information content (AvgIpc) is 2.66. The second-order valence-corrected chi connectivity index (χ2v) is 8.57. The molecule has 0 aliphatic carbocycles. The van der Waals surface area contributed by atoms with E-state index in [2.05, 4.69) is 15.6 Å². The zero-order valence-corrected chi connectivity index (χ0v) is 19.3. The molecule has 1 heterocycles. The van der Waals surface area contributed by atoms with Crippen molar-refractivity contribution in [3.05, 3.63) is 35.1 Å². The maximum atomic E-state index is 13.9. The molecule has 2 N–H and O–H groups in total. The van der Waals surface area contributed by atoms with Gasteiger partial charge >= 0.3 is 0 Å². The van der Waals surface area contributed by atoms with Gasteiger partial charge in [0.25, 0.3) is 0 Å². The fourth-order valence-electron chi connectivity index (χ4n) is 3.01. The number of halogens is 2. The summed E-state index contributed by atoms with van der Waals surface area (Å²) in [6, 6.07) is 6.31. The Morgan fingerprint density at radius 3 is 2.64 bits per heavy atom. The van der Waals surface area contributed by atoms with Crippen LogP contribution in [0.2, 0.25) is 0 Å². The van der Waals surface area contributed by atoms with Gasteiger partial charge in [-0.05, 0) is 37.5 Å². The van der Waals surface area contributed by atoms with Crippen LogP contribution in [0.1, 0.15) is 37.3 Å². The molecule has 0 radical (unpaired) electrons. The minimum absolute atomic E-state index is 0. The number of hydrogen-bond donors (Lipinski definition) is 2. The van der Waals surface area contributed by atoms with E-state index in [1.54, 1.807) is 11.4 Å². The molecule has 156 valence electrons. The van der Waals surface area contributed by atoms with Crippen LogP contribution in [0.4, 0.5) is 4.39 Å². The Morgan fingerprint density at radius 1 is 1.39 bits per heavy atom. The molecular weight excluding hydrogens is 496 g/mol. The Hall–Kier alpha value is -1.45. The quantitative estimate of drug-likeness (QED) is 0.339. The van der Waals surface area contributed by atoms with E-state index >= 15 is 0 Å². The number of nitrogens with zero attached hydrogens (tertiary/aromatic N) is 3. The molecule has 1 aromatic rings. The summed E-state index contributed by atoms with van der Waals surface area (Å²) >= 11 is 0. The summed E-state index contributed by atoms with van der Waals surface area (Å²) in [4.78, 5) is 4.14. The Balaban J connectivity index is 0.00000392. The third-order valence-corrected chi connectivity index (χ3v) is 6.57. The van der Waals surface area contributed by atoms with Gasteiger partial charge in [0.1, 0.15) is 5.82 Å². The van der Waals surface area contributed by atoms with Crippen LogP contribution in [0, 0.1) is 17.1 Å². The summed E-state index contributed by atoms with van der Waals surface area (Å²) in [6.07, 6.45) is 1.98. The lowest BCUT2D eigenvalue weighted by atomic mass is 10.1. The van der Waals surface area contributed by atoms with E-state index in [0.717, 1.165) is 0 Å². The van der Waals surface area contributed by atoms with Gasteiger partial charge in [0, 0.05) is 38.3 Å². The number of sulfonamides is 1. The molecule has 28 heavy (non-hydrogen) atoms. The second-order valence-electron chi connectivity index (χ2n) is 6.48. The SMILES string of the molecule is CCCS(=O)(=O)N1CCC(NC(=NC)NCc2cc(C#N)ccc2F)CC1.I. The van der Waals surface area contributed by atoms with Crippen molar-refractivity contribution in [2.75, 3.05) is 25.9 Å². The molecule has 0 saturated carbocycles. The van der Waals surface area contributed by atoms with E-state index in [9.17, 15) is 12.8 Å². The Morgan fingerprint density at radius 2 is 2.07 bits per heavy atom. The number of aliphatic imine (C=N–C) groups is 1. The van der Waals surface area contributed by atoms with Crippen LogP contribution in [-0.4, -0.2) is 50.6 Å². The van der Waals surface area contributed by atoms with Crippen LogP contribution in [-0.2, 0) is 16.6 Å². The minimum Gasteiger partial charge on any atom is -0.354 e. The standard InChI is InChI=1S/C18H26FN5O2S.HI/c1-3-10-27(25,26)24-8-6-16(7-9-24)23-18(21-2)22-13-15-11-14(12-20)4-5-17(15)19;/h4-5,11,16H,3,6-10,13H2,1-2H3,(H2,21,22,23);1H. The molecule has 2 rings (SSSR count). The van der Waals surface area contributed by atoms with Gasteiger partial charge in [0.05, 0.1) is 17.4 Å². The number of benzene rings is 1. The highest BCUT2D eigenvalue weighted by atomic mass is 127. The van der Waals surface area contributed by atoms with Gasteiger partial charge in [0.2, 0.25) is 10.0 Å². The molecule has 1 fully saturated rings. The lowest BCUT2D eigenvalue weighted by molar-refractivity contribution is 0.306. The number of hydrogen-bond acceptors (Lipinski definition) is 4. The number of piperidine rings is 1. The van der Waals surface area contributed by atoms with E-state index < -0.39 is 10.0 Å². The van der Waals surface area contributed by atoms with Crippen LogP contribution < -0.4 is 10.6 Å². The smallest absolute Gasteiger partial charge is 0.214 e. The minimum atomic E-state index is -3.16. The summed E-state index contributed by atoms with van der Waals surface area (Å²) in [7, 11) is -1.53. The van der Waals surface area contributed by atoms with Crippen LogP contribution in [0.3, 0.4) is 0 Å². The maximum absolute atomic E-state index is 13.9. The fraction of sp³-hybridized carbons (Fsp3) is 0.556. The first kappa shape index (κ1) is 24.6. The van der Waals surface area contributed by atoms with Gasteiger partial charge in [-0.2, -0.15) is 5.26 Å². The zero-order chi connectivity index (χ0) is 19.9. The Bertz CT molecular complexity index is 818. The van der Waals surface area contributed by atoms with Gasteiger partial charge in [-0.1, -0.05) is 6.92 Å².